The average Bonchev–Trinajstić information content (AvgIpc) is 2.32. The van der Waals surface area contributed by atoms with E-state index < -0.39 is 6.03 Å². The number of imide groups is 1. The standard InChI is InChI=1S/C14H21N3O2/c1-10-5-6-12(11(2)7-10)8-17(4)9-13(18)16-14(19)15-3/h5-7H,8-9H2,1-4H3,(H2,15,16,18,19). The van der Waals surface area contributed by atoms with Crippen LogP contribution in [0.4, 0.5) is 4.79 Å². The Bertz CT molecular complexity index is 472. The van der Waals surface area contributed by atoms with Crippen LogP contribution in [-0.4, -0.2) is 37.5 Å². The number of rotatable bonds is 4. The van der Waals surface area contributed by atoms with E-state index in [1.165, 1.54) is 23.7 Å². The van der Waals surface area contributed by atoms with Gasteiger partial charge in [-0.25, -0.2) is 4.79 Å². The number of hydrogen-bond donors (Lipinski definition) is 2. The van der Waals surface area contributed by atoms with Crippen LogP contribution in [0.2, 0.25) is 0 Å². The average molecular weight is 263 g/mol. The van der Waals surface area contributed by atoms with E-state index in [9.17, 15) is 9.59 Å². The predicted octanol–water partition coefficient (Wildman–Crippen LogP) is 1.19. The van der Waals surface area contributed by atoms with Crippen molar-refractivity contribution in [2.24, 2.45) is 0 Å². The predicted molar refractivity (Wildman–Crippen MR) is 74.8 cm³/mol. The third-order valence-corrected chi connectivity index (χ3v) is 2.83. The quantitative estimate of drug-likeness (QED) is 0.858. The molecule has 19 heavy (non-hydrogen) atoms. The molecule has 1 aromatic rings. The van der Waals surface area contributed by atoms with E-state index in [-0.39, 0.29) is 12.5 Å². The smallest absolute Gasteiger partial charge is 0.321 e. The topological polar surface area (TPSA) is 61.4 Å². The van der Waals surface area contributed by atoms with E-state index in [0.29, 0.717) is 6.54 Å². The fourth-order valence-corrected chi connectivity index (χ4v) is 1.84. The molecule has 0 unspecified atom stereocenters. The van der Waals surface area contributed by atoms with Crippen LogP contribution in [0.3, 0.4) is 0 Å². The zero-order valence-corrected chi connectivity index (χ0v) is 11.9. The van der Waals surface area contributed by atoms with Crippen molar-refractivity contribution in [2.45, 2.75) is 20.4 Å². The Morgan fingerprint density at radius 1 is 1.26 bits per heavy atom. The minimum Gasteiger partial charge on any atom is -0.341 e. The first kappa shape index (κ1) is 15.2. The fraction of sp³-hybridized carbons (Fsp3) is 0.429. The second-order valence-corrected chi connectivity index (χ2v) is 4.73. The minimum absolute atomic E-state index is 0.181. The van der Waals surface area contributed by atoms with Gasteiger partial charge in [0.25, 0.3) is 0 Å². The molecule has 104 valence electrons. The van der Waals surface area contributed by atoms with Crippen LogP contribution >= 0.6 is 0 Å². The maximum atomic E-state index is 11.5. The maximum absolute atomic E-state index is 11.5. The van der Waals surface area contributed by atoms with Gasteiger partial charge in [0.15, 0.2) is 0 Å². The number of aryl methyl sites for hydroxylation is 2. The molecule has 1 rings (SSSR count). The van der Waals surface area contributed by atoms with Gasteiger partial charge in [0.05, 0.1) is 6.54 Å². The van der Waals surface area contributed by atoms with Crippen LogP contribution in [0, 0.1) is 13.8 Å². The first-order valence-electron chi connectivity index (χ1n) is 6.18. The van der Waals surface area contributed by atoms with Crippen LogP contribution in [0.1, 0.15) is 16.7 Å². The van der Waals surface area contributed by atoms with Crippen molar-refractivity contribution in [1.82, 2.24) is 15.5 Å². The van der Waals surface area contributed by atoms with Crippen molar-refractivity contribution in [3.8, 4) is 0 Å². The molecule has 0 aliphatic rings. The molecule has 3 amide bonds. The lowest BCUT2D eigenvalue weighted by molar-refractivity contribution is -0.120. The Kier molecular flexibility index (Phi) is 5.51. The molecule has 0 aromatic heterocycles. The second-order valence-electron chi connectivity index (χ2n) is 4.73. The normalized spacial score (nSPS) is 10.4. The Labute approximate surface area is 114 Å². The number of urea groups is 1. The number of carbonyl (C=O) groups excluding carboxylic acids is 2. The molecule has 0 saturated carbocycles. The van der Waals surface area contributed by atoms with Crippen molar-refractivity contribution in [2.75, 3.05) is 20.6 Å². The number of hydrogen-bond acceptors (Lipinski definition) is 3. The summed E-state index contributed by atoms with van der Waals surface area (Å²) in [4.78, 5) is 24.4. The molecule has 0 spiro atoms. The van der Waals surface area contributed by atoms with Crippen LogP contribution in [0.5, 0.6) is 0 Å². The van der Waals surface area contributed by atoms with Gasteiger partial charge in [-0.1, -0.05) is 23.8 Å². The summed E-state index contributed by atoms with van der Waals surface area (Å²) >= 11 is 0. The summed E-state index contributed by atoms with van der Waals surface area (Å²) in [5.74, 6) is -0.313. The van der Waals surface area contributed by atoms with Crippen LogP contribution in [0.25, 0.3) is 0 Å². The number of nitrogens with one attached hydrogen (secondary N) is 2. The first-order valence-corrected chi connectivity index (χ1v) is 6.18. The molecule has 2 N–H and O–H groups in total. The van der Waals surface area contributed by atoms with E-state index in [0.717, 1.165) is 0 Å². The Hall–Kier alpha value is -1.88. The molecule has 0 radical (unpaired) electrons. The number of amides is 3. The summed E-state index contributed by atoms with van der Waals surface area (Å²) in [5, 5.41) is 4.58. The highest BCUT2D eigenvalue weighted by Gasteiger charge is 2.10. The molecular formula is C14H21N3O2. The Balaban J connectivity index is 2.53. The Morgan fingerprint density at radius 2 is 1.95 bits per heavy atom. The molecule has 1 aromatic carbocycles. The Morgan fingerprint density at radius 3 is 2.53 bits per heavy atom. The highest BCUT2D eigenvalue weighted by Crippen LogP contribution is 2.12. The highest BCUT2D eigenvalue weighted by atomic mass is 16.2. The van der Waals surface area contributed by atoms with Gasteiger partial charge in [0.2, 0.25) is 5.91 Å². The van der Waals surface area contributed by atoms with E-state index in [2.05, 4.69) is 42.7 Å². The van der Waals surface area contributed by atoms with Crippen LogP contribution < -0.4 is 10.6 Å². The fourth-order valence-electron chi connectivity index (χ4n) is 1.84. The monoisotopic (exact) mass is 263 g/mol. The SMILES string of the molecule is CNC(=O)NC(=O)CN(C)Cc1ccc(C)cc1C. The largest absolute Gasteiger partial charge is 0.341 e. The number of benzene rings is 1. The van der Waals surface area contributed by atoms with Crippen molar-refractivity contribution < 1.29 is 9.59 Å². The molecule has 0 saturated heterocycles. The van der Waals surface area contributed by atoms with Gasteiger partial charge >= 0.3 is 6.03 Å². The third kappa shape index (κ3) is 5.09. The van der Waals surface area contributed by atoms with Gasteiger partial charge in [-0.2, -0.15) is 0 Å². The third-order valence-electron chi connectivity index (χ3n) is 2.83. The molecule has 0 fully saturated rings. The summed E-state index contributed by atoms with van der Waals surface area (Å²) in [5.41, 5.74) is 3.61. The maximum Gasteiger partial charge on any atom is 0.321 e. The van der Waals surface area contributed by atoms with Crippen molar-refractivity contribution >= 4 is 11.9 Å². The van der Waals surface area contributed by atoms with Gasteiger partial charge in [0, 0.05) is 13.6 Å². The second kappa shape index (κ2) is 6.89. The number of carbonyl (C=O) groups is 2. The van der Waals surface area contributed by atoms with Crippen LogP contribution in [0.15, 0.2) is 18.2 Å². The lowest BCUT2D eigenvalue weighted by atomic mass is 10.1. The summed E-state index contributed by atoms with van der Waals surface area (Å²) < 4.78 is 0. The number of likely N-dealkylation sites (N-methyl/N-ethyl adjacent to an activating group) is 1. The first-order chi connectivity index (χ1) is 8.92. The van der Waals surface area contributed by atoms with Gasteiger partial charge in [-0.05, 0) is 32.0 Å². The van der Waals surface area contributed by atoms with Crippen molar-refractivity contribution in [3.05, 3.63) is 34.9 Å². The lowest BCUT2D eigenvalue weighted by Crippen LogP contribution is -2.42. The van der Waals surface area contributed by atoms with E-state index in [1.807, 2.05) is 11.9 Å². The van der Waals surface area contributed by atoms with Gasteiger partial charge < -0.3 is 5.32 Å². The van der Waals surface area contributed by atoms with Crippen molar-refractivity contribution in [3.63, 3.8) is 0 Å². The van der Waals surface area contributed by atoms with Gasteiger partial charge in [-0.15, -0.1) is 0 Å². The molecule has 0 aliphatic carbocycles. The van der Waals surface area contributed by atoms with E-state index in [1.54, 1.807) is 0 Å². The van der Waals surface area contributed by atoms with Crippen molar-refractivity contribution in [1.29, 1.82) is 0 Å². The number of nitrogens with zero attached hydrogens (tertiary/aromatic N) is 1. The molecule has 0 aliphatic heterocycles. The van der Waals surface area contributed by atoms with Crippen LogP contribution in [-0.2, 0) is 11.3 Å². The molecule has 0 heterocycles. The molecular weight excluding hydrogens is 242 g/mol. The molecule has 0 bridgehead atoms. The molecule has 5 nitrogen and oxygen atoms in total. The summed E-state index contributed by atoms with van der Waals surface area (Å²) in [6.45, 7) is 4.96. The highest BCUT2D eigenvalue weighted by molar-refractivity contribution is 5.95. The van der Waals surface area contributed by atoms with Gasteiger partial charge in [0.1, 0.15) is 0 Å². The lowest BCUT2D eigenvalue weighted by Gasteiger charge is -2.17. The zero-order valence-electron chi connectivity index (χ0n) is 11.9. The zero-order chi connectivity index (χ0) is 14.4. The summed E-state index contributed by atoms with van der Waals surface area (Å²) in [6, 6.07) is 5.76. The molecule has 0 atom stereocenters. The summed E-state index contributed by atoms with van der Waals surface area (Å²) in [6.07, 6.45) is 0. The minimum atomic E-state index is -0.482. The van der Waals surface area contributed by atoms with E-state index in [4.69, 9.17) is 0 Å². The van der Waals surface area contributed by atoms with E-state index >= 15 is 0 Å². The van der Waals surface area contributed by atoms with Gasteiger partial charge in [-0.3, -0.25) is 15.0 Å². The summed E-state index contributed by atoms with van der Waals surface area (Å²) in [7, 11) is 3.32. The molecule has 5 heteroatoms.